The Morgan fingerprint density at radius 2 is 1.93 bits per heavy atom. The Labute approximate surface area is 248 Å². The van der Waals surface area contributed by atoms with Crippen molar-refractivity contribution in [3.05, 3.63) is 66.4 Å². The van der Waals surface area contributed by atoms with Crippen molar-refractivity contribution < 1.29 is 9.53 Å². The normalized spacial score (nSPS) is 21.1. The van der Waals surface area contributed by atoms with Crippen LogP contribution in [0.25, 0.3) is 10.8 Å². The highest BCUT2D eigenvalue weighted by Crippen LogP contribution is 2.34. The fourth-order valence-corrected chi connectivity index (χ4v) is 6.70. The van der Waals surface area contributed by atoms with Gasteiger partial charge in [-0.25, -0.2) is 0 Å². The Hall–Kier alpha value is -4.16. The van der Waals surface area contributed by atoms with Crippen molar-refractivity contribution in [3.63, 3.8) is 0 Å². The summed E-state index contributed by atoms with van der Waals surface area (Å²) in [7, 11) is 2.14. The van der Waals surface area contributed by atoms with Gasteiger partial charge in [0.25, 0.3) is 0 Å². The van der Waals surface area contributed by atoms with Crippen LogP contribution >= 0.6 is 0 Å². The van der Waals surface area contributed by atoms with E-state index < -0.39 is 0 Å². The minimum atomic E-state index is -0.227. The lowest BCUT2D eigenvalue weighted by molar-refractivity contribution is -0.128. The second kappa shape index (κ2) is 12.4. The van der Waals surface area contributed by atoms with Gasteiger partial charge in [0, 0.05) is 48.9 Å². The number of likely N-dealkylation sites (tertiary alicyclic amines) is 1. The SMILES string of the molecule is C=CC(=O)N1CCN(c2nc(OC[C@@H]3CCCN3C)nc3c2CCCN(c2cccc4ccccc24)C3)CC1CC#N. The average molecular weight is 566 g/mol. The van der Waals surface area contributed by atoms with Gasteiger partial charge in [-0.1, -0.05) is 43.0 Å². The van der Waals surface area contributed by atoms with Crippen molar-refractivity contribution in [1.82, 2.24) is 19.8 Å². The van der Waals surface area contributed by atoms with E-state index in [2.05, 4.69) is 76.9 Å². The molecular formula is C33H39N7O2. The van der Waals surface area contributed by atoms with Crippen molar-refractivity contribution in [3.8, 4) is 12.1 Å². The highest BCUT2D eigenvalue weighted by molar-refractivity contribution is 5.94. The van der Waals surface area contributed by atoms with E-state index in [9.17, 15) is 10.1 Å². The summed E-state index contributed by atoms with van der Waals surface area (Å²) in [5, 5.41) is 12.0. The number of benzene rings is 2. The number of likely N-dealkylation sites (N-methyl/N-ethyl adjacent to an activating group) is 1. The molecule has 0 saturated carbocycles. The highest BCUT2D eigenvalue weighted by atomic mass is 16.5. The Kier molecular flexibility index (Phi) is 8.24. The first-order chi connectivity index (χ1) is 20.6. The minimum absolute atomic E-state index is 0.133. The number of nitrogens with zero attached hydrogens (tertiary/aromatic N) is 7. The van der Waals surface area contributed by atoms with Gasteiger partial charge in [-0.3, -0.25) is 4.79 Å². The molecule has 2 fully saturated rings. The summed E-state index contributed by atoms with van der Waals surface area (Å²) in [6.45, 7) is 8.55. The van der Waals surface area contributed by atoms with Crippen LogP contribution in [0.15, 0.2) is 55.1 Å². The molecule has 3 aliphatic heterocycles. The van der Waals surface area contributed by atoms with Gasteiger partial charge < -0.3 is 24.3 Å². The second-order valence-corrected chi connectivity index (χ2v) is 11.6. The number of nitriles is 1. The summed E-state index contributed by atoms with van der Waals surface area (Å²) >= 11 is 0. The lowest BCUT2D eigenvalue weighted by atomic mass is 10.1. The molecule has 2 atom stereocenters. The standard InChI is InChI=1S/C33H39N7O2/c1-3-31(41)40-20-19-39(21-25(40)15-16-34)32-28-13-8-18-38(30-14-6-10-24-9-4-5-12-27(24)30)22-29(28)35-33(36-32)42-23-26-11-7-17-37(26)2/h3-6,9-10,12,14,25-26H,1,7-8,11,13,15,17-23H2,2H3/t25?,26-/m0/s1. The molecule has 3 aromatic rings. The Morgan fingerprint density at radius 1 is 1.07 bits per heavy atom. The Balaban J connectivity index is 1.35. The molecule has 1 unspecified atom stereocenters. The van der Waals surface area contributed by atoms with Crippen molar-refractivity contribution in [2.24, 2.45) is 0 Å². The first-order valence-corrected chi connectivity index (χ1v) is 15.1. The van der Waals surface area contributed by atoms with E-state index >= 15 is 0 Å². The number of amides is 1. The quantitative estimate of drug-likeness (QED) is 0.395. The zero-order valence-electron chi connectivity index (χ0n) is 24.4. The van der Waals surface area contributed by atoms with Crippen molar-refractivity contribution in [1.29, 1.82) is 5.26 Å². The number of fused-ring (bicyclic) bond motifs is 2. The summed E-state index contributed by atoms with van der Waals surface area (Å²) in [5.74, 6) is 0.745. The van der Waals surface area contributed by atoms with Gasteiger partial charge in [-0.05, 0) is 56.8 Å². The van der Waals surface area contributed by atoms with Gasteiger partial charge in [0.05, 0.1) is 30.8 Å². The number of piperazine rings is 1. The first kappa shape index (κ1) is 28.0. The van der Waals surface area contributed by atoms with Crippen LogP contribution in [-0.2, 0) is 17.8 Å². The number of anilines is 2. The molecule has 1 aromatic heterocycles. The van der Waals surface area contributed by atoms with Crippen LogP contribution in [0.3, 0.4) is 0 Å². The number of carbonyl (C=O) groups is 1. The summed E-state index contributed by atoms with van der Waals surface area (Å²) in [5.41, 5.74) is 3.34. The average Bonchev–Trinajstić information content (AvgIpc) is 3.31. The molecule has 1 amide bonds. The fraction of sp³-hybridized carbons (Fsp3) is 0.455. The maximum atomic E-state index is 12.6. The largest absolute Gasteiger partial charge is 0.462 e. The number of aromatic nitrogens is 2. The molecule has 0 spiro atoms. The lowest BCUT2D eigenvalue weighted by Crippen LogP contribution is -2.55. The summed E-state index contributed by atoms with van der Waals surface area (Å²) in [4.78, 5) is 31.4. The van der Waals surface area contributed by atoms with Crippen LogP contribution in [0.2, 0.25) is 0 Å². The monoisotopic (exact) mass is 565 g/mol. The fourth-order valence-electron chi connectivity index (χ4n) is 6.70. The van der Waals surface area contributed by atoms with Crippen molar-refractivity contribution in [2.75, 3.05) is 56.2 Å². The van der Waals surface area contributed by atoms with Gasteiger partial charge in [-0.2, -0.15) is 15.2 Å². The maximum Gasteiger partial charge on any atom is 0.318 e. The Bertz CT molecular complexity index is 1500. The van der Waals surface area contributed by atoms with E-state index in [0.717, 1.165) is 49.4 Å². The van der Waals surface area contributed by atoms with Crippen LogP contribution in [-0.4, -0.2) is 84.1 Å². The molecule has 0 bridgehead atoms. The summed E-state index contributed by atoms with van der Waals surface area (Å²) < 4.78 is 6.32. The van der Waals surface area contributed by atoms with Gasteiger partial charge in [-0.15, -0.1) is 0 Å². The third-order valence-electron chi connectivity index (χ3n) is 9.00. The molecule has 9 heteroatoms. The molecule has 42 heavy (non-hydrogen) atoms. The summed E-state index contributed by atoms with van der Waals surface area (Å²) in [6, 6.07) is 17.8. The van der Waals surface area contributed by atoms with E-state index in [1.807, 2.05) is 0 Å². The molecule has 0 N–H and O–H groups in total. The predicted molar refractivity (Wildman–Crippen MR) is 165 cm³/mol. The number of hydrogen-bond acceptors (Lipinski definition) is 8. The molecule has 4 heterocycles. The van der Waals surface area contributed by atoms with Gasteiger partial charge in [0.15, 0.2) is 0 Å². The summed E-state index contributed by atoms with van der Waals surface area (Å²) in [6.07, 6.45) is 5.70. The van der Waals surface area contributed by atoms with Crippen LogP contribution < -0.4 is 14.5 Å². The highest BCUT2D eigenvalue weighted by Gasteiger charge is 2.33. The number of hydrogen-bond donors (Lipinski definition) is 0. The molecule has 2 saturated heterocycles. The molecule has 3 aliphatic rings. The lowest BCUT2D eigenvalue weighted by Gasteiger charge is -2.41. The molecule has 6 rings (SSSR count). The van der Waals surface area contributed by atoms with E-state index in [1.165, 1.54) is 29.0 Å². The van der Waals surface area contributed by atoms with Crippen LogP contribution in [0, 0.1) is 11.3 Å². The van der Waals surface area contributed by atoms with E-state index in [4.69, 9.17) is 14.7 Å². The zero-order chi connectivity index (χ0) is 29.1. The van der Waals surface area contributed by atoms with Gasteiger partial charge >= 0.3 is 6.01 Å². The molecule has 0 aliphatic carbocycles. The molecule has 2 aromatic carbocycles. The van der Waals surface area contributed by atoms with Gasteiger partial charge in [0.1, 0.15) is 12.4 Å². The number of ether oxygens (including phenoxy) is 1. The third-order valence-corrected chi connectivity index (χ3v) is 9.00. The molecular weight excluding hydrogens is 526 g/mol. The number of rotatable bonds is 7. The molecule has 218 valence electrons. The number of carbonyl (C=O) groups excluding carboxylic acids is 1. The topological polar surface area (TPSA) is 88.8 Å². The molecule has 9 nitrogen and oxygen atoms in total. The minimum Gasteiger partial charge on any atom is -0.462 e. The maximum absolute atomic E-state index is 12.6. The smallest absolute Gasteiger partial charge is 0.318 e. The van der Waals surface area contributed by atoms with Crippen LogP contribution in [0.4, 0.5) is 11.5 Å². The van der Waals surface area contributed by atoms with Gasteiger partial charge in [0.2, 0.25) is 5.91 Å². The Morgan fingerprint density at radius 3 is 2.74 bits per heavy atom. The molecule has 0 radical (unpaired) electrons. The van der Waals surface area contributed by atoms with E-state index in [0.29, 0.717) is 44.8 Å². The predicted octanol–water partition coefficient (Wildman–Crippen LogP) is 4.17. The van der Waals surface area contributed by atoms with Crippen molar-refractivity contribution in [2.45, 2.75) is 50.7 Å². The van der Waals surface area contributed by atoms with E-state index in [-0.39, 0.29) is 18.4 Å². The van der Waals surface area contributed by atoms with Crippen LogP contribution in [0.1, 0.15) is 36.9 Å². The first-order valence-electron chi connectivity index (χ1n) is 15.1. The van der Waals surface area contributed by atoms with Crippen molar-refractivity contribution >= 4 is 28.2 Å². The van der Waals surface area contributed by atoms with Crippen LogP contribution in [0.5, 0.6) is 6.01 Å². The second-order valence-electron chi connectivity index (χ2n) is 11.6. The third kappa shape index (κ3) is 5.64. The zero-order valence-corrected chi connectivity index (χ0v) is 24.4. The van der Waals surface area contributed by atoms with E-state index in [1.54, 1.807) is 4.90 Å².